The van der Waals surface area contributed by atoms with Gasteiger partial charge in [-0.05, 0) is 97.7 Å². The molecular formula is C21H28O3. The Morgan fingerprint density at radius 2 is 1.67 bits per heavy atom. The van der Waals surface area contributed by atoms with Crippen LogP contribution in [0, 0.1) is 64.6 Å². The average molecular weight is 328 g/mol. The Hall–Kier alpha value is -0.570. The van der Waals surface area contributed by atoms with E-state index >= 15 is 0 Å². The van der Waals surface area contributed by atoms with E-state index in [1.54, 1.807) is 7.11 Å². The van der Waals surface area contributed by atoms with Crippen LogP contribution in [0.25, 0.3) is 0 Å². The van der Waals surface area contributed by atoms with Gasteiger partial charge in [0.1, 0.15) is 5.41 Å². The van der Waals surface area contributed by atoms with E-state index in [4.69, 9.17) is 4.74 Å². The molecule has 0 aromatic heterocycles. The van der Waals surface area contributed by atoms with Gasteiger partial charge in [-0.2, -0.15) is 0 Å². The molecule has 7 fully saturated rings. The van der Waals surface area contributed by atoms with Crippen LogP contribution in [0.15, 0.2) is 0 Å². The van der Waals surface area contributed by atoms with Crippen LogP contribution in [0.1, 0.15) is 44.9 Å². The van der Waals surface area contributed by atoms with Gasteiger partial charge in [0.05, 0.1) is 12.7 Å². The smallest absolute Gasteiger partial charge is 0.315 e. The molecule has 1 N–H and O–H groups in total. The van der Waals surface area contributed by atoms with Gasteiger partial charge in [-0.25, -0.2) is 0 Å². The van der Waals surface area contributed by atoms with E-state index in [0.717, 1.165) is 17.8 Å². The summed E-state index contributed by atoms with van der Waals surface area (Å²) in [4.78, 5) is 13.4. The third-order valence-corrected chi connectivity index (χ3v) is 10.9. The fraction of sp³-hybridized carbons (Fsp3) is 0.952. The summed E-state index contributed by atoms with van der Waals surface area (Å²) in [6.45, 7) is 0. The number of aliphatic hydroxyl groups is 1. The Bertz CT molecular complexity index is 659. The number of carbonyl (C=O) groups is 1. The largest absolute Gasteiger partial charge is 0.468 e. The van der Waals surface area contributed by atoms with Crippen LogP contribution < -0.4 is 0 Å². The van der Waals surface area contributed by atoms with E-state index in [1.165, 1.54) is 44.9 Å². The zero-order valence-corrected chi connectivity index (χ0v) is 14.5. The predicted octanol–water partition coefficient (Wildman–Crippen LogP) is 2.86. The number of methoxy groups -OCH3 is 1. The normalized spacial score (nSPS) is 69.4. The van der Waals surface area contributed by atoms with Crippen molar-refractivity contribution < 1.29 is 14.6 Å². The Morgan fingerprint density at radius 3 is 2.50 bits per heavy atom. The lowest BCUT2D eigenvalue weighted by Gasteiger charge is -2.63. The lowest BCUT2D eigenvalue weighted by Crippen LogP contribution is -2.71. The van der Waals surface area contributed by atoms with Crippen molar-refractivity contribution in [2.45, 2.75) is 50.5 Å². The Kier molecular flexibility index (Phi) is 2.12. The molecule has 24 heavy (non-hydrogen) atoms. The molecule has 3 nitrogen and oxygen atoms in total. The predicted molar refractivity (Wildman–Crippen MR) is 86.6 cm³/mol. The van der Waals surface area contributed by atoms with E-state index in [-0.39, 0.29) is 5.97 Å². The Morgan fingerprint density at radius 1 is 0.917 bits per heavy atom. The zero-order valence-electron chi connectivity index (χ0n) is 14.5. The number of esters is 1. The van der Waals surface area contributed by atoms with Gasteiger partial charge in [0.25, 0.3) is 0 Å². The molecule has 0 spiro atoms. The number of hydrogen-bond acceptors (Lipinski definition) is 3. The second kappa shape index (κ2) is 3.75. The Labute approximate surface area is 143 Å². The molecule has 7 saturated carbocycles. The lowest BCUT2D eigenvalue weighted by atomic mass is 9.42. The maximum atomic E-state index is 13.4. The minimum absolute atomic E-state index is 0.0216. The van der Waals surface area contributed by atoms with Gasteiger partial charge in [-0.3, -0.25) is 4.79 Å². The van der Waals surface area contributed by atoms with Crippen LogP contribution in [0.3, 0.4) is 0 Å². The SMILES string of the molecule is COC(=O)[C@]12C3CC(C4CCCC43)C3C4CC1C1CCC(C41)C32O. The van der Waals surface area contributed by atoms with E-state index in [9.17, 15) is 9.90 Å². The zero-order chi connectivity index (χ0) is 16.0. The van der Waals surface area contributed by atoms with Crippen LogP contribution in [-0.4, -0.2) is 23.8 Å². The summed E-state index contributed by atoms with van der Waals surface area (Å²) in [5.74, 6) is 6.01. The van der Waals surface area contributed by atoms with E-state index < -0.39 is 11.0 Å². The van der Waals surface area contributed by atoms with Gasteiger partial charge < -0.3 is 9.84 Å². The first-order valence-electron chi connectivity index (χ1n) is 10.5. The molecule has 11 unspecified atom stereocenters. The van der Waals surface area contributed by atoms with Crippen molar-refractivity contribution in [1.82, 2.24) is 0 Å². The summed E-state index contributed by atoms with van der Waals surface area (Å²) < 4.78 is 5.50. The van der Waals surface area contributed by atoms with Crippen LogP contribution in [0.4, 0.5) is 0 Å². The third kappa shape index (κ3) is 0.982. The highest BCUT2D eigenvalue weighted by Crippen LogP contribution is 2.86. The highest BCUT2D eigenvalue weighted by molar-refractivity contribution is 5.81. The number of carbonyl (C=O) groups excluding carboxylic acids is 1. The van der Waals surface area contributed by atoms with Crippen molar-refractivity contribution in [3.8, 4) is 0 Å². The molecule has 130 valence electrons. The summed E-state index contributed by atoms with van der Waals surface area (Å²) in [5.41, 5.74) is -1.26. The first-order valence-corrected chi connectivity index (χ1v) is 10.5. The molecule has 0 saturated heterocycles. The molecule has 0 amide bonds. The molecule has 7 aliphatic rings. The first kappa shape index (κ1) is 13.6. The molecule has 0 aromatic carbocycles. The van der Waals surface area contributed by atoms with Crippen LogP contribution in [-0.2, 0) is 9.53 Å². The fourth-order valence-corrected chi connectivity index (χ4v) is 11.1. The molecule has 0 aromatic rings. The minimum atomic E-state index is -0.719. The highest BCUT2D eigenvalue weighted by atomic mass is 16.5. The second-order valence-electron chi connectivity index (χ2n) is 10.4. The van der Waals surface area contributed by atoms with Crippen molar-refractivity contribution in [2.75, 3.05) is 7.11 Å². The third-order valence-electron chi connectivity index (χ3n) is 10.9. The van der Waals surface area contributed by atoms with Crippen molar-refractivity contribution >= 4 is 5.97 Å². The van der Waals surface area contributed by atoms with Crippen LogP contribution in [0.5, 0.6) is 0 Å². The number of hydrogen-bond donors (Lipinski definition) is 1. The molecule has 0 radical (unpaired) electrons. The minimum Gasteiger partial charge on any atom is -0.468 e. The quantitative estimate of drug-likeness (QED) is 0.753. The van der Waals surface area contributed by atoms with Gasteiger partial charge in [-0.1, -0.05) is 6.42 Å². The van der Waals surface area contributed by atoms with Gasteiger partial charge in [-0.15, -0.1) is 0 Å². The summed E-state index contributed by atoms with van der Waals surface area (Å²) in [7, 11) is 1.57. The standard InChI is InChI=1S/C21H28O3/c1-24-19(22)20-15-7-12(9-3-2-4-10(9)15)18-13-8-16(20)11-5-6-14(17(11)13)21(18,20)23/h9-18,23H,2-8H2,1H3/t9?,10?,11?,12?,13?,14?,15?,16?,17?,18?,20-,21?/m0/s1. The summed E-state index contributed by atoms with van der Waals surface area (Å²) >= 11 is 0. The Balaban J connectivity index is 1.55. The number of ether oxygens (including phenoxy) is 1. The van der Waals surface area contributed by atoms with E-state index in [0.29, 0.717) is 41.4 Å². The first-order chi connectivity index (χ1) is 11.7. The molecule has 7 rings (SSSR count). The highest BCUT2D eigenvalue weighted by Gasteiger charge is 2.89. The molecular weight excluding hydrogens is 300 g/mol. The molecule has 0 heterocycles. The monoisotopic (exact) mass is 328 g/mol. The molecule has 12 atom stereocenters. The maximum absolute atomic E-state index is 13.4. The van der Waals surface area contributed by atoms with Gasteiger partial charge in [0.2, 0.25) is 0 Å². The summed E-state index contributed by atoms with van der Waals surface area (Å²) in [5, 5.41) is 12.4. The van der Waals surface area contributed by atoms with Crippen molar-refractivity contribution in [3.63, 3.8) is 0 Å². The van der Waals surface area contributed by atoms with Gasteiger partial charge >= 0.3 is 5.97 Å². The summed E-state index contributed by atoms with van der Waals surface area (Å²) in [6, 6.07) is 0. The van der Waals surface area contributed by atoms with Crippen molar-refractivity contribution in [3.05, 3.63) is 0 Å². The van der Waals surface area contributed by atoms with E-state index in [2.05, 4.69) is 0 Å². The van der Waals surface area contributed by atoms with Gasteiger partial charge in [0.15, 0.2) is 0 Å². The van der Waals surface area contributed by atoms with Crippen LogP contribution >= 0.6 is 0 Å². The maximum Gasteiger partial charge on any atom is 0.315 e. The van der Waals surface area contributed by atoms with Crippen molar-refractivity contribution in [2.24, 2.45) is 64.6 Å². The number of rotatable bonds is 1. The fourth-order valence-electron chi connectivity index (χ4n) is 11.1. The molecule has 0 aliphatic heterocycles. The topological polar surface area (TPSA) is 46.5 Å². The molecule has 3 heteroatoms. The molecule has 7 bridgehead atoms. The van der Waals surface area contributed by atoms with E-state index in [1.807, 2.05) is 0 Å². The lowest BCUT2D eigenvalue weighted by molar-refractivity contribution is -0.257. The van der Waals surface area contributed by atoms with Gasteiger partial charge in [0, 0.05) is 0 Å². The average Bonchev–Trinajstić information content (AvgIpc) is 3.30. The molecule has 7 aliphatic carbocycles. The summed E-state index contributed by atoms with van der Waals surface area (Å²) in [6.07, 6.45) is 8.86. The van der Waals surface area contributed by atoms with Crippen molar-refractivity contribution in [1.29, 1.82) is 0 Å². The second-order valence-corrected chi connectivity index (χ2v) is 10.4. The number of fused-ring (bicyclic) bond motifs is 4. The van der Waals surface area contributed by atoms with Crippen LogP contribution in [0.2, 0.25) is 0 Å².